The molecule has 1 aliphatic heterocycles. The molecule has 1 aromatic heterocycles. The first kappa shape index (κ1) is 20.1. The summed E-state index contributed by atoms with van der Waals surface area (Å²) >= 11 is 0. The van der Waals surface area contributed by atoms with Gasteiger partial charge in [0.25, 0.3) is 5.91 Å². The molecule has 0 spiro atoms. The number of benzene rings is 1. The zero-order chi connectivity index (χ0) is 20.9. The fourth-order valence-corrected chi connectivity index (χ4v) is 3.32. The van der Waals surface area contributed by atoms with E-state index in [-0.39, 0.29) is 24.0 Å². The van der Waals surface area contributed by atoms with Gasteiger partial charge in [-0.2, -0.15) is 18.3 Å². The number of hydrogen-bond acceptors (Lipinski definition) is 5. The number of primary amides is 1. The number of esters is 1. The number of aromatic nitrogens is 2. The van der Waals surface area contributed by atoms with Crippen molar-refractivity contribution in [2.75, 3.05) is 6.54 Å². The number of nitrogens with zero attached hydrogens (tertiary/aromatic N) is 2. The molecule has 2 aromatic rings. The summed E-state index contributed by atoms with van der Waals surface area (Å²) in [5, 5.41) is 7.42. The maximum atomic E-state index is 13.7. The second-order valence-electron chi connectivity index (χ2n) is 7.03. The van der Waals surface area contributed by atoms with Crippen LogP contribution in [0.25, 0.3) is 10.9 Å². The smallest absolute Gasteiger partial charge is 0.437 e. The number of nitrogens with one attached hydrogen (secondary N) is 1. The first-order valence-corrected chi connectivity index (χ1v) is 8.46. The van der Waals surface area contributed by atoms with Gasteiger partial charge in [0.2, 0.25) is 0 Å². The van der Waals surface area contributed by atoms with Crippen LogP contribution in [0.4, 0.5) is 17.6 Å². The minimum Gasteiger partial charge on any atom is -0.437 e. The van der Waals surface area contributed by atoms with Crippen LogP contribution in [0.1, 0.15) is 36.7 Å². The van der Waals surface area contributed by atoms with Crippen LogP contribution in [-0.4, -0.2) is 40.1 Å². The molecular weight excluding hydrogens is 384 g/mol. The van der Waals surface area contributed by atoms with Crippen LogP contribution >= 0.6 is 0 Å². The molecule has 3 N–H and O–H groups in total. The molecule has 2 heterocycles. The van der Waals surface area contributed by atoms with E-state index in [1.807, 2.05) is 0 Å². The van der Waals surface area contributed by atoms with Crippen molar-refractivity contribution in [3.63, 3.8) is 0 Å². The largest absolute Gasteiger partial charge is 0.490 e. The van der Waals surface area contributed by atoms with E-state index >= 15 is 0 Å². The number of rotatable bonds is 4. The first-order valence-electron chi connectivity index (χ1n) is 8.46. The monoisotopic (exact) mass is 402 g/mol. The number of amides is 1. The highest BCUT2D eigenvalue weighted by Crippen LogP contribution is 2.37. The normalized spacial score (nSPS) is 22.8. The van der Waals surface area contributed by atoms with Crippen LogP contribution in [0.5, 0.6) is 0 Å². The maximum absolute atomic E-state index is 13.7. The molecule has 2 unspecified atom stereocenters. The number of fused-ring (bicyclic) bond motifs is 1. The van der Waals surface area contributed by atoms with Crippen molar-refractivity contribution in [2.24, 2.45) is 11.7 Å². The Kier molecular flexibility index (Phi) is 4.82. The van der Waals surface area contributed by atoms with Gasteiger partial charge in [0.1, 0.15) is 11.3 Å². The number of alkyl halides is 3. The summed E-state index contributed by atoms with van der Waals surface area (Å²) in [5.74, 6) is -4.26. The lowest BCUT2D eigenvalue weighted by Gasteiger charge is -2.33. The molecule has 1 fully saturated rings. The predicted octanol–water partition coefficient (Wildman–Crippen LogP) is 2.27. The minimum absolute atomic E-state index is 0.00879. The van der Waals surface area contributed by atoms with Gasteiger partial charge in [-0.1, -0.05) is 13.8 Å². The number of halogens is 4. The van der Waals surface area contributed by atoms with Gasteiger partial charge >= 0.3 is 12.1 Å². The molecule has 11 heteroatoms. The number of hydrogen-bond donors (Lipinski definition) is 2. The van der Waals surface area contributed by atoms with E-state index in [0.29, 0.717) is 5.39 Å². The fraction of sp³-hybridized carbons (Fsp3) is 0.471. The van der Waals surface area contributed by atoms with Crippen LogP contribution < -0.4 is 11.1 Å². The Labute approximate surface area is 156 Å². The Hall–Kier alpha value is -2.69. The maximum Gasteiger partial charge on any atom is 0.490 e. The highest BCUT2D eigenvalue weighted by molar-refractivity contribution is 6.04. The van der Waals surface area contributed by atoms with Crippen molar-refractivity contribution in [1.29, 1.82) is 0 Å². The van der Waals surface area contributed by atoms with Gasteiger partial charge in [0, 0.05) is 30.5 Å². The van der Waals surface area contributed by atoms with Gasteiger partial charge < -0.3 is 10.5 Å². The molecule has 3 rings (SSSR count). The van der Waals surface area contributed by atoms with Crippen molar-refractivity contribution in [2.45, 2.75) is 38.2 Å². The van der Waals surface area contributed by atoms with E-state index in [2.05, 4.69) is 10.4 Å². The Morgan fingerprint density at radius 3 is 2.64 bits per heavy atom. The van der Waals surface area contributed by atoms with Gasteiger partial charge in [-0.25, -0.2) is 9.18 Å². The highest BCUT2D eigenvalue weighted by Gasteiger charge is 2.51. The molecule has 0 bridgehead atoms. The highest BCUT2D eigenvalue weighted by atomic mass is 19.4. The zero-order valence-electron chi connectivity index (χ0n) is 15.0. The molecule has 1 aromatic carbocycles. The third kappa shape index (κ3) is 3.53. The molecule has 0 aliphatic carbocycles. The zero-order valence-corrected chi connectivity index (χ0v) is 15.0. The number of carbonyl (C=O) groups excluding carboxylic acids is 2. The summed E-state index contributed by atoms with van der Waals surface area (Å²) in [5.41, 5.74) is 3.81. The van der Waals surface area contributed by atoms with Gasteiger partial charge in [-0.05, 0) is 12.1 Å². The molecule has 2 atom stereocenters. The average Bonchev–Trinajstić information content (AvgIpc) is 3.17. The van der Waals surface area contributed by atoms with Crippen LogP contribution in [0.3, 0.4) is 0 Å². The number of ether oxygens (including phenoxy) is 1. The Balaban J connectivity index is 1.93. The van der Waals surface area contributed by atoms with Crippen molar-refractivity contribution in [3.05, 3.63) is 29.7 Å². The van der Waals surface area contributed by atoms with Crippen LogP contribution in [0, 0.1) is 11.7 Å². The lowest BCUT2D eigenvalue weighted by Crippen LogP contribution is -2.50. The molecule has 1 saturated heterocycles. The standard InChI is InChI=1S/C17H18F4N4O3/c1-8(2)16(28-15(27)17(19,20)21)5-11(6-23-16)25-7-9-3-10(18)4-12(14(22)26)13(9)24-25/h3-4,7-8,11,23H,5-6H2,1-2H3,(H2,22,26). The van der Waals surface area contributed by atoms with E-state index < -0.39 is 41.6 Å². The minimum atomic E-state index is -5.12. The van der Waals surface area contributed by atoms with Crippen LogP contribution in [-0.2, 0) is 9.53 Å². The van der Waals surface area contributed by atoms with Gasteiger partial charge in [-0.15, -0.1) is 0 Å². The van der Waals surface area contributed by atoms with E-state index in [0.717, 1.165) is 6.07 Å². The van der Waals surface area contributed by atoms with E-state index in [1.165, 1.54) is 16.9 Å². The Morgan fingerprint density at radius 2 is 2.07 bits per heavy atom. The summed E-state index contributed by atoms with van der Waals surface area (Å²) in [7, 11) is 0. The SMILES string of the molecule is CC(C)C1(OC(=O)C(F)(F)F)CC(n2cc3cc(F)cc(C(N)=O)c3n2)CN1. The quantitative estimate of drug-likeness (QED) is 0.604. The predicted molar refractivity (Wildman–Crippen MR) is 89.6 cm³/mol. The van der Waals surface area contributed by atoms with E-state index in [9.17, 15) is 27.2 Å². The molecule has 1 aliphatic rings. The fourth-order valence-electron chi connectivity index (χ4n) is 3.32. The first-order chi connectivity index (χ1) is 12.9. The lowest BCUT2D eigenvalue weighted by molar-refractivity contribution is -0.220. The Morgan fingerprint density at radius 1 is 1.39 bits per heavy atom. The number of carbonyl (C=O) groups is 2. The van der Waals surface area contributed by atoms with E-state index in [1.54, 1.807) is 13.8 Å². The van der Waals surface area contributed by atoms with Gasteiger partial charge in [-0.3, -0.25) is 14.8 Å². The average molecular weight is 402 g/mol. The summed E-state index contributed by atoms with van der Waals surface area (Å²) in [6, 6.07) is 1.66. The van der Waals surface area contributed by atoms with Crippen LogP contribution in [0.15, 0.2) is 18.3 Å². The second-order valence-corrected chi connectivity index (χ2v) is 7.03. The van der Waals surface area contributed by atoms with Gasteiger partial charge in [0.05, 0.1) is 11.6 Å². The molecule has 0 saturated carbocycles. The van der Waals surface area contributed by atoms with Gasteiger partial charge in [0.15, 0.2) is 5.72 Å². The number of nitrogens with two attached hydrogens (primary N) is 1. The topological polar surface area (TPSA) is 99.2 Å². The summed E-state index contributed by atoms with van der Waals surface area (Å²) < 4.78 is 57.9. The second kappa shape index (κ2) is 6.73. The molecule has 1 amide bonds. The molecule has 28 heavy (non-hydrogen) atoms. The summed E-state index contributed by atoms with van der Waals surface area (Å²) in [4.78, 5) is 22.9. The van der Waals surface area contributed by atoms with Crippen molar-refractivity contribution in [1.82, 2.24) is 15.1 Å². The summed E-state index contributed by atoms with van der Waals surface area (Å²) in [6.45, 7) is 3.41. The van der Waals surface area contributed by atoms with Crippen LogP contribution in [0.2, 0.25) is 0 Å². The van der Waals surface area contributed by atoms with Crippen molar-refractivity contribution >= 4 is 22.8 Å². The molecule has 7 nitrogen and oxygen atoms in total. The Bertz CT molecular complexity index is 940. The molecule has 152 valence electrons. The van der Waals surface area contributed by atoms with Crippen molar-refractivity contribution < 1.29 is 31.9 Å². The summed E-state index contributed by atoms with van der Waals surface area (Å²) in [6.07, 6.45) is -3.63. The molecular formula is C17H18F4N4O3. The van der Waals surface area contributed by atoms with Crippen molar-refractivity contribution in [3.8, 4) is 0 Å². The third-order valence-electron chi connectivity index (χ3n) is 4.85. The molecule has 0 radical (unpaired) electrons. The van der Waals surface area contributed by atoms with E-state index in [4.69, 9.17) is 10.5 Å². The third-order valence-corrected chi connectivity index (χ3v) is 4.85. The lowest BCUT2D eigenvalue weighted by atomic mass is 9.96.